The lowest BCUT2D eigenvalue weighted by atomic mass is 10.2. The second-order valence-corrected chi connectivity index (χ2v) is 6.03. The number of anilines is 1. The van der Waals surface area contributed by atoms with Crippen LogP contribution in [-0.2, 0) is 18.0 Å². The van der Waals surface area contributed by atoms with Gasteiger partial charge in [-0.3, -0.25) is 0 Å². The molecule has 0 amide bonds. The molecule has 1 N–H and O–H groups in total. The monoisotopic (exact) mass is 341 g/mol. The summed E-state index contributed by atoms with van der Waals surface area (Å²) in [6.45, 7) is 4.12. The average Bonchev–Trinajstić information content (AvgIpc) is 2.84. The number of aromatic nitrogens is 2. The number of hydrogen-bond acceptors (Lipinski definition) is 5. The van der Waals surface area contributed by atoms with E-state index < -0.39 is 0 Å². The molecule has 1 aromatic carbocycles. The molecule has 1 aromatic heterocycles. The molecule has 1 heterocycles. The van der Waals surface area contributed by atoms with Gasteiger partial charge in [0.25, 0.3) is 0 Å². The summed E-state index contributed by atoms with van der Waals surface area (Å²) >= 11 is 4.99. The van der Waals surface area contributed by atoms with Gasteiger partial charge in [0.05, 0.1) is 6.61 Å². The minimum absolute atomic E-state index is 0.498. The molecule has 0 aliphatic rings. The van der Waals surface area contributed by atoms with Crippen LogP contribution < -0.4 is 5.32 Å². The van der Waals surface area contributed by atoms with Crippen LogP contribution in [0.15, 0.2) is 28.7 Å². The molecule has 0 aliphatic carbocycles. The molecule has 2 rings (SSSR count). The Balaban J connectivity index is 1.77. The van der Waals surface area contributed by atoms with E-state index in [1.165, 1.54) is 0 Å². The molecule has 0 unspecified atom stereocenters. The van der Waals surface area contributed by atoms with E-state index >= 15 is 0 Å². The Bertz CT molecular complexity index is 518. The summed E-state index contributed by atoms with van der Waals surface area (Å²) < 4.78 is 6.70. The van der Waals surface area contributed by atoms with Crippen LogP contribution in [-0.4, -0.2) is 16.7 Å². The molecule has 4 nitrogen and oxygen atoms in total. The number of rotatable bonds is 7. The van der Waals surface area contributed by atoms with Crippen LogP contribution in [0.2, 0.25) is 0 Å². The maximum Gasteiger partial charge on any atom is 0.205 e. The predicted octanol–water partition coefficient (Wildman–Crippen LogP) is 3.84. The lowest BCUT2D eigenvalue weighted by Gasteiger charge is -2.02. The molecule has 0 saturated heterocycles. The summed E-state index contributed by atoms with van der Waals surface area (Å²) in [5.74, 6) is 0. The molecule has 0 fully saturated rings. The highest BCUT2D eigenvalue weighted by Gasteiger charge is 2.03. The zero-order valence-corrected chi connectivity index (χ0v) is 13.1. The Hall–Kier alpha value is -0.980. The fourth-order valence-corrected chi connectivity index (χ4v) is 2.65. The highest BCUT2D eigenvalue weighted by atomic mass is 79.9. The van der Waals surface area contributed by atoms with Crippen molar-refractivity contribution in [2.75, 3.05) is 11.9 Å². The number of nitrogens with one attached hydrogen (secondary N) is 1. The first-order valence-corrected chi connectivity index (χ1v) is 7.77. The molecule has 0 radical (unpaired) electrons. The van der Waals surface area contributed by atoms with E-state index in [2.05, 4.69) is 38.4 Å². The zero-order chi connectivity index (χ0) is 13.5. The van der Waals surface area contributed by atoms with Gasteiger partial charge in [0.1, 0.15) is 11.6 Å². The van der Waals surface area contributed by atoms with E-state index in [1.54, 1.807) is 11.3 Å². The standard InChI is InChI=1S/C13H16BrN3OS/c1-2-6-15-13-17-16-12(19-13)9-18-8-10-4-3-5-11(14)7-10/h3-5,7H,2,6,8-9H2,1H3,(H,15,17). The summed E-state index contributed by atoms with van der Waals surface area (Å²) in [7, 11) is 0. The van der Waals surface area contributed by atoms with Gasteiger partial charge in [-0.05, 0) is 24.1 Å². The Kier molecular flexibility index (Phi) is 5.75. The van der Waals surface area contributed by atoms with Crippen LogP contribution in [0.4, 0.5) is 5.13 Å². The van der Waals surface area contributed by atoms with Gasteiger partial charge in [0.15, 0.2) is 0 Å². The fourth-order valence-electron chi connectivity index (χ4n) is 1.50. The highest BCUT2D eigenvalue weighted by Crippen LogP contribution is 2.17. The normalized spacial score (nSPS) is 10.6. The van der Waals surface area contributed by atoms with Crippen molar-refractivity contribution in [3.63, 3.8) is 0 Å². The highest BCUT2D eigenvalue weighted by molar-refractivity contribution is 9.10. The molecule has 102 valence electrons. The van der Waals surface area contributed by atoms with Crippen molar-refractivity contribution in [1.29, 1.82) is 0 Å². The van der Waals surface area contributed by atoms with E-state index in [9.17, 15) is 0 Å². The minimum Gasteiger partial charge on any atom is -0.370 e. The summed E-state index contributed by atoms with van der Waals surface area (Å²) in [5, 5.41) is 13.1. The van der Waals surface area contributed by atoms with E-state index in [1.807, 2.05) is 24.3 Å². The van der Waals surface area contributed by atoms with Gasteiger partial charge in [-0.25, -0.2) is 0 Å². The molecule has 19 heavy (non-hydrogen) atoms. The summed E-state index contributed by atoms with van der Waals surface area (Å²) in [6, 6.07) is 8.09. The van der Waals surface area contributed by atoms with Crippen LogP contribution in [0.5, 0.6) is 0 Å². The Morgan fingerprint density at radius 3 is 3.00 bits per heavy atom. The van der Waals surface area contributed by atoms with Crippen molar-refractivity contribution in [3.8, 4) is 0 Å². The van der Waals surface area contributed by atoms with Crippen LogP contribution in [0.1, 0.15) is 23.9 Å². The fraction of sp³-hybridized carbons (Fsp3) is 0.385. The lowest BCUT2D eigenvalue weighted by Crippen LogP contribution is -1.98. The van der Waals surface area contributed by atoms with Gasteiger partial charge < -0.3 is 10.1 Å². The topological polar surface area (TPSA) is 47.0 Å². The van der Waals surface area contributed by atoms with Crippen LogP contribution in [0.25, 0.3) is 0 Å². The molecule has 6 heteroatoms. The van der Waals surface area contributed by atoms with Gasteiger partial charge in [0.2, 0.25) is 5.13 Å². The third-order valence-corrected chi connectivity index (χ3v) is 3.72. The smallest absolute Gasteiger partial charge is 0.205 e. The van der Waals surface area contributed by atoms with Crippen molar-refractivity contribution in [1.82, 2.24) is 10.2 Å². The van der Waals surface area contributed by atoms with Gasteiger partial charge in [-0.2, -0.15) is 0 Å². The third kappa shape index (κ3) is 4.89. The average molecular weight is 342 g/mol. The quantitative estimate of drug-likeness (QED) is 0.831. The molecule has 0 saturated carbocycles. The Labute approximate surface area is 125 Å². The van der Waals surface area contributed by atoms with Crippen molar-refractivity contribution in [2.45, 2.75) is 26.6 Å². The zero-order valence-electron chi connectivity index (χ0n) is 10.7. The number of hydrogen-bond donors (Lipinski definition) is 1. The van der Waals surface area contributed by atoms with Gasteiger partial charge in [0, 0.05) is 11.0 Å². The molecular weight excluding hydrogens is 326 g/mol. The second-order valence-electron chi connectivity index (χ2n) is 4.05. The van der Waals surface area contributed by atoms with E-state index in [0.717, 1.165) is 33.1 Å². The first kappa shape index (κ1) is 14.4. The van der Waals surface area contributed by atoms with Crippen LogP contribution in [0, 0.1) is 0 Å². The maximum atomic E-state index is 5.64. The number of benzene rings is 1. The van der Waals surface area contributed by atoms with E-state index in [4.69, 9.17) is 4.74 Å². The molecule has 2 aromatic rings. The number of halogens is 1. The minimum atomic E-state index is 0.498. The SMILES string of the molecule is CCCNc1nnc(COCc2cccc(Br)c2)s1. The third-order valence-electron chi connectivity index (χ3n) is 2.38. The summed E-state index contributed by atoms with van der Waals surface area (Å²) in [4.78, 5) is 0. The predicted molar refractivity (Wildman–Crippen MR) is 81.3 cm³/mol. The first-order valence-electron chi connectivity index (χ1n) is 6.16. The maximum absolute atomic E-state index is 5.64. The van der Waals surface area contributed by atoms with Crippen molar-refractivity contribution < 1.29 is 4.74 Å². The molecule has 0 bridgehead atoms. The van der Waals surface area contributed by atoms with E-state index in [0.29, 0.717) is 13.2 Å². The van der Waals surface area contributed by atoms with Gasteiger partial charge in [-0.15, -0.1) is 10.2 Å². The van der Waals surface area contributed by atoms with Crippen molar-refractivity contribution in [2.24, 2.45) is 0 Å². The number of nitrogens with zero attached hydrogens (tertiary/aromatic N) is 2. The molecule has 0 atom stereocenters. The molecule has 0 aliphatic heterocycles. The Morgan fingerprint density at radius 1 is 1.32 bits per heavy atom. The van der Waals surface area contributed by atoms with Crippen molar-refractivity contribution in [3.05, 3.63) is 39.3 Å². The summed E-state index contributed by atoms with van der Waals surface area (Å²) in [5.41, 5.74) is 1.14. The summed E-state index contributed by atoms with van der Waals surface area (Å²) in [6.07, 6.45) is 1.08. The first-order chi connectivity index (χ1) is 9.28. The van der Waals surface area contributed by atoms with Crippen molar-refractivity contribution >= 4 is 32.4 Å². The second kappa shape index (κ2) is 7.57. The molecule has 0 spiro atoms. The Morgan fingerprint density at radius 2 is 2.21 bits per heavy atom. The largest absolute Gasteiger partial charge is 0.370 e. The molecular formula is C13H16BrN3OS. The van der Waals surface area contributed by atoms with Crippen LogP contribution in [0.3, 0.4) is 0 Å². The van der Waals surface area contributed by atoms with E-state index in [-0.39, 0.29) is 0 Å². The lowest BCUT2D eigenvalue weighted by molar-refractivity contribution is 0.106. The van der Waals surface area contributed by atoms with Gasteiger partial charge >= 0.3 is 0 Å². The number of ether oxygens (including phenoxy) is 1. The van der Waals surface area contributed by atoms with Gasteiger partial charge in [-0.1, -0.05) is 46.3 Å². The van der Waals surface area contributed by atoms with Crippen LogP contribution >= 0.6 is 27.3 Å².